The quantitative estimate of drug-likeness (QED) is 0.140. The van der Waals surface area contributed by atoms with Gasteiger partial charge in [0.2, 0.25) is 0 Å². The average molecular weight is 547 g/mol. The van der Waals surface area contributed by atoms with E-state index in [0.29, 0.717) is 43.3 Å². The molecule has 0 fully saturated rings. The number of halogens is 1. The average Bonchev–Trinajstić information content (AvgIpc) is 3.30. The second-order valence-electron chi connectivity index (χ2n) is 8.97. The molecule has 0 bridgehead atoms. The summed E-state index contributed by atoms with van der Waals surface area (Å²) in [4.78, 5) is 14.9. The lowest BCUT2D eigenvalue weighted by Crippen LogP contribution is -2.26. The number of nitrogens with two attached hydrogens (primary N) is 1. The molecular weight excluding hydrogens is 516 g/mol. The van der Waals surface area contributed by atoms with Crippen molar-refractivity contribution < 1.29 is 19.4 Å². The number of H-pyrrole nitrogens is 1. The number of nitrogens with one attached hydrogen (secondary N) is 3. The van der Waals surface area contributed by atoms with Gasteiger partial charge in [0.05, 0.1) is 17.3 Å². The molecule has 0 spiro atoms. The highest BCUT2D eigenvalue weighted by Gasteiger charge is 2.13. The first-order valence-corrected chi connectivity index (χ1v) is 12.5. The number of carbonyl (C=O) groups is 1. The number of amides is 2. The lowest BCUT2D eigenvalue weighted by atomic mass is 10.1. The van der Waals surface area contributed by atoms with Crippen LogP contribution in [0.1, 0.15) is 17.2 Å². The summed E-state index contributed by atoms with van der Waals surface area (Å²) in [6, 6.07) is 28.4. The number of para-hydroxylation sites is 1. The molecule has 0 aliphatic carbocycles. The number of ether oxygens (including phenoxy) is 2. The first-order chi connectivity index (χ1) is 18.6. The van der Waals surface area contributed by atoms with Crippen LogP contribution in [0.4, 0.5) is 10.5 Å². The van der Waals surface area contributed by atoms with Crippen molar-refractivity contribution in [2.45, 2.75) is 12.7 Å². The van der Waals surface area contributed by atoms with Crippen LogP contribution in [-0.2, 0) is 6.61 Å². The lowest BCUT2D eigenvalue weighted by Gasteiger charge is -2.17. The molecule has 5 aromatic rings. The third-order valence-corrected chi connectivity index (χ3v) is 6.25. The van der Waals surface area contributed by atoms with Crippen LogP contribution in [-0.4, -0.2) is 35.8 Å². The van der Waals surface area contributed by atoms with Crippen molar-refractivity contribution in [1.29, 1.82) is 0 Å². The van der Waals surface area contributed by atoms with Crippen molar-refractivity contribution in [3.05, 3.63) is 102 Å². The summed E-state index contributed by atoms with van der Waals surface area (Å²) in [6.45, 7) is 1.64. The van der Waals surface area contributed by atoms with E-state index in [-0.39, 0.29) is 12.4 Å². The first-order valence-electron chi connectivity index (χ1n) is 12.5. The molecule has 8 nitrogen and oxygen atoms in total. The van der Waals surface area contributed by atoms with Gasteiger partial charge in [-0.05, 0) is 41.5 Å². The largest absolute Gasteiger partial charge is 0.492 e. The fourth-order valence-corrected chi connectivity index (χ4v) is 4.37. The smallest absolute Gasteiger partial charge is 0.316 e. The summed E-state index contributed by atoms with van der Waals surface area (Å²) in [6.07, 6.45) is -0.797. The van der Waals surface area contributed by atoms with E-state index in [4.69, 9.17) is 15.2 Å². The van der Waals surface area contributed by atoms with Crippen LogP contribution >= 0.6 is 12.4 Å². The van der Waals surface area contributed by atoms with Crippen LogP contribution in [0.5, 0.6) is 11.5 Å². The predicted molar refractivity (Wildman–Crippen MR) is 157 cm³/mol. The summed E-state index contributed by atoms with van der Waals surface area (Å²) >= 11 is 0. The maximum atomic E-state index is 11.5. The number of hydrogen-bond acceptors (Lipinski definition) is 5. The standard InChI is InChI=1S/C30H30N4O4.ClH/c31-30(36)34-27-16-21(10-13-29(27)38-19-20-6-2-1-3-7-20)28(35)18-32-14-15-37-22-11-12-24-23-8-4-5-9-25(23)33-26(24)17-22;/h1-13,16-17,28,32-33,35H,14-15,18-19H2,(H3,31,34,36);1H. The zero-order valence-corrected chi connectivity index (χ0v) is 22.0. The minimum absolute atomic E-state index is 0. The highest BCUT2D eigenvalue weighted by atomic mass is 35.5. The molecule has 0 saturated heterocycles. The van der Waals surface area contributed by atoms with Crippen molar-refractivity contribution in [1.82, 2.24) is 10.3 Å². The number of anilines is 1. The van der Waals surface area contributed by atoms with Crippen LogP contribution in [0, 0.1) is 0 Å². The third-order valence-electron chi connectivity index (χ3n) is 6.25. The molecule has 5 rings (SSSR count). The van der Waals surface area contributed by atoms with Gasteiger partial charge in [0, 0.05) is 35.4 Å². The Bertz CT molecular complexity index is 1540. The van der Waals surface area contributed by atoms with Crippen LogP contribution in [0.3, 0.4) is 0 Å². The van der Waals surface area contributed by atoms with Gasteiger partial charge in [0.25, 0.3) is 0 Å². The van der Waals surface area contributed by atoms with Crippen molar-refractivity contribution in [3.8, 4) is 11.5 Å². The molecule has 1 unspecified atom stereocenters. The van der Waals surface area contributed by atoms with Gasteiger partial charge < -0.3 is 35.9 Å². The minimum atomic E-state index is -0.797. The molecule has 0 radical (unpaired) electrons. The van der Waals surface area contributed by atoms with Gasteiger partial charge in [-0.2, -0.15) is 0 Å². The Kier molecular flexibility index (Phi) is 9.27. The molecule has 0 aliphatic rings. The topological polar surface area (TPSA) is 122 Å². The number of urea groups is 1. The molecule has 4 aromatic carbocycles. The number of benzene rings is 4. The number of aromatic nitrogens is 1. The molecule has 1 atom stereocenters. The molecule has 39 heavy (non-hydrogen) atoms. The Hall–Kier alpha value is -4.24. The highest BCUT2D eigenvalue weighted by Crippen LogP contribution is 2.30. The van der Waals surface area contributed by atoms with Gasteiger partial charge in [-0.15, -0.1) is 12.4 Å². The minimum Gasteiger partial charge on any atom is -0.492 e. The monoisotopic (exact) mass is 546 g/mol. The van der Waals surface area contributed by atoms with Gasteiger partial charge >= 0.3 is 6.03 Å². The molecule has 9 heteroatoms. The summed E-state index contributed by atoms with van der Waals surface area (Å²) in [5.41, 5.74) is 9.49. The van der Waals surface area contributed by atoms with Crippen LogP contribution < -0.4 is 25.8 Å². The second-order valence-corrected chi connectivity index (χ2v) is 8.97. The maximum Gasteiger partial charge on any atom is 0.316 e. The summed E-state index contributed by atoms with van der Waals surface area (Å²) in [5, 5.41) is 18.8. The Balaban J connectivity index is 0.00000353. The van der Waals surface area contributed by atoms with Crippen molar-refractivity contribution in [2.75, 3.05) is 25.0 Å². The van der Waals surface area contributed by atoms with Crippen LogP contribution in [0.15, 0.2) is 91.0 Å². The van der Waals surface area contributed by atoms with E-state index in [1.807, 2.05) is 54.6 Å². The zero-order chi connectivity index (χ0) is 26.3. The lowest BCUT2D eigenvalue weighted by molar-refractivity contribution is 0.172. The molecular formula is C30H31ClN4O4. The fraction of sp³-hybridized carbons (Fsp3) is 0.167. The Morgan fingerprint density at radius 1 is 0.897 bits per heavy atom. The number of fused-ring (bicyclic) bond motifs is 3. The molecule has 0 aliphatic heterocycles. The van der Waals surface area contributed by atoms with Crippen LogP contribution in [0.2, 0.25) is 0 Å². The van der Waals surface area contributed by atoms with Crippen molar-refractivity contribution >= 4 is 45.9 Å². The highest BCUT2D eigenvalue weighted by molar-refractivity contribution is 6.07. The van der Waals surface area contributed by atoms with E-state index in [9.17, 15) is 9.90 Å². The van der Waals surface area contributed by atoms with Gasteiger partial charge in [-0.3, -0.25) is 0 Å². The number of rotatable bonds is 11. The predicted octanol–water partition coefficient (Wildman–Crippen LogP) is 5.51. The van der Waals surface area contributed by atoms with E-state index >= 15 is 0 Å². The second kappa shape index (κ2) is 13.0. The molecule has 1 heterocycles. The van der Waals surface area contributed by atoms with E-state index in [2.05, 4.69) is 33.8 Å². The van der Waals surface area contributed by atoms with Gasteiger partial charge in [0.1, 0.15) is 24.7 Å². The van der Waals surface area contributed by atoms with Gasteiger partial charge in [0.15, 0.2) is 0 Å². The van der Waals surface area contributed by atoms with Gasteiger partial charge in [-0.1, -0.05) is 54.6 Å². The van der Waals surface area contributed by atoms with E-state index in [0.717, 1.165) is 27.7 Å². The number of aromatic amines is 1. The van der Waals surface area contributed by atoms with Gasteiger partial charge in [-0.25, -0.2) is 4.79 Å². The van der Waals surface area contributed by atoms with E-state index in [1.54, 1.807) is 18.2 Å². The fourth-order valence-electron chi connectivity index (χ4n) is 4.37. The summed E-state index contributed by atoms with van der Waals surface area (Å²) in [5.74, 6) is 1.25. The number of hydrogen-bond donors (Lipinski definition) is 5. The third kappa shape index (κ3) is 7.00. The molecule has 202 valence electrons. The SMILES string of the molecule is Cl.NC(=O)Nc1cc(C(O)CNCCOc2ccc3c(c2)[nH]c2ccccc23)ccc1OCc1ccccc1. The number of aliphatic hydroxyl groups excluding tert-OH is 1. The van der Waals surface area contributed by atoms with E-state index in [1.165, 1.54) is 5.39 Å². The summed E-state index contributed by atoms with van der Waals surface area (Å²) < 4.78 is 11.8. The molecule has 6 N–H and O–H groups in total. The first kappa shape index (κ1) is 27.8. The maximum absolute atomic E-state index is 11.5. The van der Waals surface area contributed by atoms with Crippen LogP contribution in [0.25, 0.3) is 21.8 Å². The number of primary amides is 1. The Morgan fingerprint density at radius 3 is 2.49 bits per heavy atom. The zero-order valence-electron chi connectivity index (χ0n) is 21.2. The van der Waals surface area contributed by atoms with Crippen molar-refractivity contribution in [3.63, 3.8) is 0 Å². The molecule has 2 amide bonds. The number of aliphatic hydroxyl groups is 1. The summed E-state index contributed by atoms with van der Waals surface area (Å²) in [7, 11) is 0. The molecule has 1 aromatic heterocycles. The van der Waals surface area contributed by atoms with E-state index < -0.39 is 12.1 Å². The Labute approximate surface area is 232 Å². The Morgan fingerprint density at radius 2 is 1.67 bits per heavy atom. The number of carbonyl (C=O) groups excluding carboxylic acids is 1. The van der Waals surface area contributed by atoms with Crippen molar-refractivity contribution in [2.24, 2.45) is 5.73 Å². The molecule has 0 saturated carbocycles. The normalized spacial score (nSPS) is 11.6.